The fourth-order valence-corrected chi connectivity index (χ4v) is 5.48. The molecule has 1 fully saturated rings. The molecule has 1 aromatic heterocycles. The summed E-state index contributed by atoms with van der Waals surface area (Å²) in [5, 5.41) is -0.505. The number of thioether (sulfide) groups is 1. The van der Waals surface area contributed by atoms with Crippen molar-refractivity contribution in [3.05, 3.63) is 90.4 Å². The first-order valence-corrected chi connectivity index (χ1v) is 10.5. The number of rotatable bonds is 4. The number of fused-ring (bicyclic) bond motifs is 1. The predicted molar refractivity (Wildman–Crippen MR) is 116 cm³/mol. The normalized spacial score (nSPS) is 23.3. The van der Waals surface area contributed by atoms with Crippen LogP contribution in [0, 0.1) is 5.92 Å². The van der Waals surface area contributed by atoms with Gasteiger partial charge in [-0.05, 0) is 42.0 Å². The van der Waals surface area contributed by atoms with Crippen molar-refractivity contribution in [3.63, 3.8) is 0 Å². The fourth-order valence-electron chi connectivity index (χ4n) is 4.07. The van der Waals surface area contributed by atoms with E-state index in [1.807, 2.05) is 42.5 Å². The molecule has 3 aromatic rings. The first-order valence-electron chi connectivity index (χ1n) is 9.66. The van der Waals surface area contributed by atoms with Gasteiger partial charge in [0, 0.05) is 10.8 Å². The van der Waals surface area contributed by atoms with Crippen molar-refractivity contribution < 1.29 is 18.7 Å². The first-order chi connectivity index (χ1) is 14.7. The maximum absolute atomic E-state index is 13.4. The lowest BCUT2D eigenvalue weighted by Crippen LogP contribution is -2.31. The van der Waals surface area contributed by atoms with Crippen LogP contribution in [0.15, 0.2) is 83.5 Å². The molecular weight excluding hydrogens is 398 g/mol. The van der Waals surface area contributed by atoms with Gasteiger partial charge in [0.15, 0.2) is 0 Å². The lowest BCUT2D eigenvalue weighted by atomic mass is 9.87. The molecule has 1 saturated heterocycles. The summed E-state index contributed by atoms with van der Waals surface area (Å²) < 4.78 is 10.9. The van der Waals surface area contributed by atoms with E-state index in [9.17, 15) is 9.59 Å². The third-order valence-electron chi connectivity index (χ3n) is 5.53. The molecule has 3 unspecified atom stereocenters. The SMILES string of the molecule is COc1ccc(N2C(=O)C3SC(c4ccccc4)=CC(c4ccco4)C3C2=O)cc1. The van der Waals surface area contributed by atoms with Gasteiger partial charge in [-0.1, -0.05) is 36.4 Å². The number of furan rings is 1. The number of hydrogen-bond acceptors (Lipinski definition) is 5. The summed E-state index contributed by atoms with van der Waals surface area (Å²) in [7, 11) is 1.58. The summed E-state index contributed by atoms with van der Waals surface area (Å²) in [4.78, 5) is 29.1. The van der Waals surface area contributed by atoms with Crippen molar-refractivity contribution in [2.45, 2.75) is 11.2 Å². The van der Waals surface area contributed by atoms with Crippen LogP contribution in [0.25, 0.3) is 4.91 Å². The van der Waals surface area contributed by atoms with Crippen molar-refractivity contribution in [1.82, 2.24) is 0 Å². The molecule has 3 atom stereocenters. The molecule has 3 heterocycles. The van der Waals surface area contributed by atoms with Crippen LogP contribution in [0.5, 0.6) is 5.75 Å². The number of amides is 2. The molecule has 0 N–H and O–H groups in total. The zero-order valence-electron chi connectivity index (χ0n) is 16.2. The number of anilines is 1. The molecule has 5 rings (SSSR count). The molecule has 30 heavy (non-hydrogen) atoms. The number of nitrogens with zero attached hydrogens (tertiary/aromatic N) is 1. The van der Waals surface area contributed by atoms with E-state index in [-0.39, 0.29) is 17.7 Å². The van der Waals surface area contributed by atoms with Crippen LogP contribution in [0.4, 0.5) is 5.69 Å². The van der Waals surface area contributed by atoms with Crippen molar-refractivity contribution in [2.24, 2.45) is 5.92 Å². The lowest BCUT2D eigenvalue weighted by Gasteiger charge is -2.28. The molecule has 2 aliphatic rings. The summed E-state index contributed by atoms with van der Waals surface area (Å²) in [6, 6.07) is 20.6. The highest BCUT2D eigenvalue weighted by Gasteiger charge is 2.54. The Balaban J connectivity index is 1.56. The Hall–Kier alpha value is -3.25. The predicted octanol–water partition coefficient (Wildman–Crippen LogP) is 4.72. The zero-order valence-corrected chi connectivity index (χ0v) is 17.0. The van der Waals surface area contributed by atoms with E-state index in [2.05, 4.69) is 6.08 Å². The number of allylic oxidation sites excluding steroid dienone is 1. The lowest BCUT2D eigenvalue weighted by molar-refractivity contribution is -0.122. The monoisotopic (exact) mass is 417 g/mol. The van der Waals surface area contributed by atoms with Crippen LogP contribution in [0.3, 0.4) is 0 Å². The van der Waals surface area contributed by atoms with Gasteiger partial charge in [0.1, 0.15) is 16.8 Å². The number of carbonyl (C=O) groups is 2. The van der Waals surface area contributed by atoms with E-state index >= 15 is 0 Å². The second-order valence-corrected chi connectivity index (χ2v) is 8.40. The highest BCUT2D eigenvalue weighted by molar-refractivity contribution is 8.09. The second kappa shape index (κ2) is 7.54. The second-order valence-electron chi connectivity index (χ2n) is 7.21. The Kier molecular flexibility index (Phi) is 4.71. The Labute approximate surface area is 178 Å². The Morgan fingerprint density at radius 1 is 0.933 bits per heavy atom. The van der Waals surface area contributed by atoms with Gasteiger partial charge in [0.05, 0.1) is 25.0 Å². The fraction of sp³-hybridized carbons (Fsp3) is 0.167. The molecule has 2 amide bonds. The molecule has 0 bridgehead atoms. The molecule has 0 spiro atoms. The van der Waals surface area contributed by atoms with Gasteiger partial charge < -0.3 is 9.15 Å². The number of ether oxygens (including phenoxy) is 1. The minimum atomic E-state index is -0.511. The third kappa shape index (κ3) is 3.04. The Morgan fingerprint density at radius 3 is 2.37 bits per heavy atom. The summed E-state index contributed by atoms with van der Waals surface area (Å²) in [6.07, 6.45) is 3.66. The number of carbonyl (C=O) groups excluding carboxylic acids is 2. The van der Waals surface area contributed by atoms with Crippen LogP contribution in [0.2, 0.25) is 0 Å². The molecule has 0 aliphatic carbocycles. The van der Waals surface area contributed by atoms with Gasteiger partial charge >= 0.3 is 0 Å². The minimum Gasteiger partial charge on any atom is -0.497 e. The van der Waals surface area contributed by atoms with Crippen molar-refractivity contribution >= 4 is 34.2 Å². The van der Waals surface area contributed by atoms with Gasteiger partial charge in [-0.3, -0.25) is 9.59 Å². The molecular formula is C24H19NO4S. The van der Waals surface area contributed by atoms with Gasteiger partial charge in [0.25, 0.3) is 0 Å². The quantitative estimate of drug-likeness (QED) is 0.575. The van der Waals surface area contributed by atoms with E-state index in [4.69, 9.17) is 9.15 Å². The number of benzene rings is 2. The van der Waals surface area contributed by atoms with Gasteiger partial charge in [0.2, 0.25) is 11.8 Å². The molecule has 5 nitrogen and oxygen atoms in total. The summed E-state index contributed by atoms with van der Waals surface area (Å²) in [5.74, 6) is 0.151. The van der Waals surface area contributed by atoms with Crippen LogP contribution >= 0.6 is 11.8 Å². The molecule has 2 aromatic carbocycles. The smallest absolute Gasteiger partial charge is 0.248 e. The zero-order chi connectivity index (χ0) is 20.7. The van der Waals surface area contributed by atoms with Crippen LogP contribution in [-0.4, -0.2) is 24.2 Å². The van der Waals surface area contributed by atoms with Crippen LogP contribution in [-0.2, 0) is 9.59 Å². The standard InChI is InChI=1S/C24H19NO4S/c1-28-17-11-9-16(10-12-17)25-23(26)21-18(19-8-5-13-29-19)14-20(30-22(21)24(25)27)15-6-3-2-4-7-15/h2-14,18,21-22H,1H3. The minimum absolute atomic E-state index is 0.196. The average molecular weight is 417 g/mol. The molecule has 6 heteroatoms. The van der Waals surface area contributed by atoms with E-state index in [1.165, 1.54) is 16.7 Å². The van der Waals surface area contributed by atoms with Crippen LogP contribution in [0.1, 0.15) is 17.2 Å². The highest BCUT2D eigenvalue weighted by Crippen LogP contribution is 2.51. The van der Waals surface area contributed by atoms with E-state index in [0.29, 0.717) is 17.2 Å². The number of methoxy groups -OCH3 is 1. The molecule has 0 saturated carbocycles. The Morgan fingerprint density at radius 2 is 1.70 bits per heavy atom. The summed E-state index contributed by atoms with van der Waals surface area (Å²) >= 11 is 1.46. The molecule has 150 valence electrons. The summed E-state index contributed by atoms with van der Waals surface area (Å²) in [6.45, 7) is 0. The number of imide groups is 1. The van der Waals surface area contributed by atoms with Crippen LogP contribution < -0.4 is 9.64 Å². The first kappa shape index (κ1) is 18.8. The molecule has 2 aliphatic heterocycles. The molecule has 0 radical (unpaired) electrons. The van der Waals surface area contributed by atoms with Crippen molar-refractivity contribution in [1.29, 1.82) is 0 Å². The van der Waals surface area contributed by atoms with E-state index in [0.717, 1.165) is 10.5 Å². The largest absolute Gasteiger partial charge is 0.497 e. The summed E-state index contributed by atoms with van der Waals surface area (Å²) in [5.41, 5.74) is 1.58. The third-order valence-corrected chi connectivity index (χ3v) is 6.90. The maximum atomic E-state index is 13.4. The van der Waals surface area contributed by atoms with Gasteiger partial charge in [-0.25, -0.2) is 4.90 Å². The highest BCUT2D eigenvalue weighted by atomic mass is 32.2. The van der Waals surface area contributed by atoms with Crippen molar-refractivity contribution in [3.8, 4) is 5.75 Å². The van der Waals surface area contributed by atoms with Gasteiger partial charge in [-0.15, -0.1) is 11.8 Å². The topological polar surface area (TPSA) is 59.8 Å². The van der Waals surface area contributed by atoms with Crippen molar-refractivity contribution in [2.75, 3.05) is 12.0 Å². The maximum Gasteiger partial charge on any atom is 0.248 e. The van der Waals surface area contributed by atoms with E-state index in [1.54, 1.807) is 37.6 Å². The van der Waals surface area contributed by atoms with E-state index < -0.39 is 11.2 Å². The number of hydrogen-bond donors (Lipinski definition) is 0. The Bertz CT molecular complexity index is 1110. The van der Waals surface area contributed by atoms with Gasteiger partial charge in [-0.2, -0.15) is 0 Å². The average Bonchev–Trinajstić information content (AvgIpc) is 3.41.